The van der Waals surface area contributed by atoms with E-state index in [0.29, 0.717) is 6.42 Å². The molecule has 0 radical (unpaired) electrons. The second kappa shape index (κ2) is 7.48. The van der Waals surface area contributed by atoms with Crippen LogP contribution in [0, 0.1) is 11.8 Å². The van der Waals surface area contributed by atoms with Gasteiger partial charge in [0.2, 0.25) is 5.91 Å². The Labute approximate surface area is 114 Å². The third-order valence-electron chi connectivity index (χ3n) is 3.66. The molecule has 0 saturated heterocycles. The predicted octanol–water partition coefficient (Wildman–Crippen LogP) is 1.54. The van der Waals surface area contributed by atoms with E-state index in [0.717, 1.165) is 25.7 Å². The fraction of sp³-hybridized carbons (Fsp3) is 0.857. The molecular weight excluding hydrogens is 246 g/mol. The molecule has 5 heteroatoms. The van der Waals surface area contributed by atoms with E-state index >= 15 is 0 Å². The maximum Gasteiger partial charge on any atom is 0.326 e. The number of rotatable bonds is 6. The summed E-state index contributed by atoms with van der Waals surface area (Å²) in [7, 11) is 0. The summed E-state index contributed by atoms with van der Waals surface area (Å²) >= 11 is 0. The van der Waals surface area contributed by atoms with E-state index in [2.05, 4.69) is 5.32 Å². The molecule has 3 N–H and O–H groups in total. The van der Waals surface area contributed by atoms with Gasteiger partial charge in [-0.3, -0.25) is 4.79 Å². The normalized spacial score (nSPS) is 25.1. The summed E-state index contributed by atoms with van der Waals surface area (Å²) in [6.45, 7) is 3.85. The van der Waals surface area contributed by atoms with Crippen LogP contribution in [-0.2, 0) is 9.59 Å². The molecule has 0 aromatic heterocycles. The molecule has 0 aromatic rings. The summed E-state index contributed by atoms with van der Waals surface area (Å²) in [6.07, 6.45) is 3.85. The molecule has 1 fully saturated rings. The maximum absolute atomic E-state index is 11.9. The molecule has 1 amide bonds. The van der Waals surface area contributed by atoms with Crippen molar-refractivity contribution in [2.45, 2.75) is 64.5 Å². The van der Waals surface area contributed by atoms with Gasteiger partial charge in [0.05, 0.1) is 6.10 Å². The monoisotopic (exact) mass is 271 g/mol. The number of aliphatic hydroxyl groups excluding tert-OH is 1. The molecule has 1 unspecified atom stereocenters. The lowest BCUT2D eigenvalue weighted by molar-refractivity contribution is -0.142. The first kappa shape index (κ1) is 16.0. The summed E-state index contributed by atoms with van der Waals surface area (Å²) in [6, 6.07) is -0.826. The quantitative estimate of drug-likeness (QED) is 0.684. The summed E-state index contributed by atoms with van der Waals surface area (Å²) in [5.74, 6) is -1.07. The van der Waals surface area contributed by atoms with Crippen molar-refractivity contribution < 1.29 is 19.8 Å². The molecule has 0 spiro atoms. The minimum absolute atomic E-state index is 0.0257. The van der Waals surface area contributed by atoms with Crippen molar-refractivity contribution in [2.24, 2.45) is 11.8 Å². The highest BCUT2D eigenvalue weighted by Gasteiger charge is 2.27. The number of carbonyl (C=O) groups is 2. The lowest BCUT2D eigenvalue weighted by atomic mass is 9.84. The van der Waals surface area contributed by atoms with Gasteiger partial charge in [-0.05, 0) is 31.1 Å². The van der Waals surface area contributed by atoms with Gasteiger partial charge in [-0.2, -0.15) is 0 Å². The lowest BCUT2D eigenvalue weighted by Gasteiger charge is -2.27. The molecule has 0 heterocycles. The van der Waals surface area contributed by atoms with Crippen LogP contribution >= 0.6 is 0 Å². The smallest absolute Gasteiger partial charge is 0.326 e. The first-order valence-corrected chi connectivity index (χ1v) is 7.10. The number of aliphatic hydroxyl groups is 1. The van der Waals surface area contributed by atoms with Gasteiger partial charge in [0.25, 0.3) is 0 Å². The molecule has 1 aliphatic carbocycles. The van der Waals surface area contributed by atoms with Crippen molar-refractivity contribution in [1.82, 2.24) is 5.32 Å². The minimum atomic E-state index is -0.994. The van der Waals surface area contributed by atoms with Crippen molar-refractivity contribution in [3.05, 3.63) is 0 Å². The van der Waals surface area contributed by atoms with Crippen LogP contribution in [-0.4, -0.2) is 34.2 Å². The van der Waals surface area contributed by atoms with E-state index in [9.17, 15) is 14.7 Å². The Morgan fingerprint density at radius 3 is 2.42 bits per heavy atom. The Morgan fingerprint density at radius 2 is 1.89 bits per heavy atom. The first-order valence-electron chi connectivity index (χ1n) is 7.10. The zero-order valence-corrected chi connectivity index (χ0v) is 11.8. The Hall–Kier alpha value is -1.10. The minimum Gasteiger partial charge on any atom is -0.480 e. The molecule has 110 valence electrons. The van der Waals surface area contributed by atoms with Crippen LogP contribution in [0.15, 0.2) is 0 Å². The van der Waals surface area contributed by atoms with Gasteiger partial charge in [-0.25, -0.2) is 4.79 Å². The lowest BCUT2D eigenvalue weighted by Crippen LogP contribution is -2.43. The average molecular weight is 271 g/mol. The van der Waals surface area contributed by atoms with Crippen molar-refractivity contribution in [2.75, 3.05) is 0 Å². The topological polar surface area (TPSA) is 86.6 Å². The standard InChI is InChI=1S/C14H25NO4/c1-9(2)7-11(14(18)19)15-13(17)8-10-5-3-4-6-12(10)16/h9-12,16H,3-8H2,1-2H3,(H,15,17)(H,18,19)/t10-,11?,12+/m0/s1. The van der Waals surface area contributed by atoms with Crippen LogP contribution < -0.4 is 5.32 Å². The molecule has 19 heavy (non-hydrogen) atoms. The van der Waals surface area contributed by atoms with Gasteiger partial charge in [0, 0.05) is 6.42 Å². The molecular formula is C14H25NO4. The van der Waals surface area contributed by atoms with Crippen LogP contribution in [0.5, 0.6) is 0 Å². The van der Waals surface area contributed by atoms with Crippen LogP contribution in [0.1, 0.15) is 52.4 Å². The molecule has 1 saturated carbocycles. The number of amides is 1. The first-order chi connectivity index (χ1) is 8.90. The van der Waals surface area contributed by atoms with Crippen LogP contribution in [0.2, 0.25) is 0 Å². The number of carbonyl (C=O) groups excluding carboxylic acids is 1. The van der Waals surface area contributed by atoms with E-state index in [4.69, 9.17) is 5.11 Å². The van der Waals surface area contributed by atoms with Gasteiger partial charge < -0.3 is 15.5 Å². The fourth-order valence-electron chi connectivity index (χ4n) is 2.61. The zero-order chi connectivity index (χ0) is 14.4. The largest absolute Gasteiger partial charge is 0.480 e. The predicted molar refractivity (Wildman–Crippen MR) is 71.6 cm³/mol. The summed E-state index contributed by atoms with van der Waals surface area (Å²) in [5, 5.41) is 21.4. The Kier molecular flexibility index (Phi) is 6.28. The molecule has 0 aliphatic heterocycles. The Bertz CT molecular complexity index is 317. The van der Waals surface area contributed by atoms with E-state index in [1.165, 1.54) is 0 Å². The van der Waals surface area contributed by atoms with E-state index in [1.807, 2.05) is 13.8 Å². The molecule has 0 aromatic carbocycles. The van der Waals surface area contributed by atoms with Crippen LogP contribution in [0.3, 0.4) is 0 Å². The zero-order valence-electron chi connectivity index (χ0n) is 11.8. The van der Waals surface area contributed by atoms with Gasteiger partial charge in [0.15, 0.2) is 0 Å². The maximum atomic E-state index is 11.9. The Morgan fingerprint density at radius 1 is 1.26 bits per heavy atom. The molecule has 0 bridgehead atoms. The summed E-state index contributed by atoms with van der Waals surface area (Å²) in [5.41, 5.74) is 0. The van der Waals surface area contributed by atoms with E-state index < -0.39 is 18.1 Å². The average Bonchev–Trinajstić information content (AvgIpc) is 2.30. The molecule has 1 aliphatic rings. The molecule has 1 rings (SSSR count). The second-order valence-corrected chi connectivity index (χ2v) is 5.90. The fourth-order valence-corrected chi connectivity index (χ4v) is 2.61. The van der Waals surface area contributed by atoms with Crippen molar-refractivity contribution >= 4 is 11.9 Å². The van der Waals surface area contributed by atoms with Gasteiger partial charge in [0.1, 0.15) is 6.04 Å². The van der Waals surface area contributed by atoms with Crippen molar-refractivity contribution in [3.63, 3.8) is 0 Å². The van der Waals surface area contributed by atoms with E-state index in [1.54, 1.807) is 0 Å². The highest BCUT2D eigenvalue weighted by Crippen LogP contribution is 2.26. The number of carboxylic acid groups (broad SMARTS) is 1. The number of hydrogen-bond acceptors (Lipinski definition) is 3. The number of nitrogens with one attached hydrogen (secondary N) is 1. The number of hydrogen-bond donors (Lipinski definition) is 3. The van der Waals surface area contributed by atoms with Crippen LogP contribution in [0.25, 0.3) is 0 Å². The van der Waals surface area contributed by atoms with E-state index in [-0.39, 0.29) is 24.2 Å². The SMILES string of the molecule is CC(C)CC(NC(=O)C[C@@H]1CCCC[C@H]1O)C(=O)O. The van der Waals surface area contributed by atoms with Gasteiger partial charge in [-0.1, -0.05) is 26.7 Å². The number of aliphatic carboxylic acids is 1. The second-order valence-electron chi connectivity index (χ2n) is 5.90. The molecule has 3 atom stereocenters. The third kappa shape index (κ3) is 5.59. The third-order valence-corrected chi connectivity index (χ3v) is 3.66. The highest BCUT2D eigenvalue weighted by molar-refractivity contribution is 5.83. The van der Waals surface area contributed by atoms with Crippen molar-refractivity contribution in [1.29, 1.82) is 0 Å². The Balaban J connectivity index is 2.45. The van der Waals surface area contributed by atoms with Gasteiger partial charge in [-0.15, -0.1) is 0 Å². The summed E-state index contributed by atoms with van der Waals surface area (Å²) < 4.78 is 0. The van der Waals surface area contributed by atoms with Crippen molar-refractivity contribution in [3.8, 4) is 0 Å². The molecule has 5 nitrogen and oxygen atoms in total. The summed E-state index contributed by atoms with van der Waals surface area (Å²) in [4.78, 5) is 22.9. The van der Waals surface area contributed by atoms with Gasteiger partial charge >= 0.3 is 5.97 Å². The van der Waals surface area contributed by atoms with Crippen LogP contribution in [0.4, 0.5) is 0 Å². The highest BCUT2D eigenvalue weighted by atomic mass is 16.4. The number of carboxylic acids is 1.